The van der Waals surface area contributed by atoms with Crippen molar-refractivity contribution in [3.63, 3.8) is 0 Å². The molecule has 1 N–H and O–H groups in total. The molecule has 0 aromatic carbocycles. The van der Waals surface area contributed by atoms with Gasteiger partial charge in [0.15, 0.2) is 6.61 Å². The van der Waals surface area contributed by atoms with Crippen LogP contribution < -0.4 is 10.1 Å². The van der Waals surface area contributed by atoms with Gasteiger partial charge in [0, 0.05) is 30.2 Å². The quantitative estimate of drug-likeness (QED) is 0.942. The number of aromatic nitrogens is 2. The summed E-state index contributed by atoms with van der Waals surface area (Å²) >= 11 is 0. The Balaban J connectivity index is 2.03. The predicted molar refractivity (Wildman–Crippen MR) is 68.0 cm³/mol. The molecule has 21 heavy (non-hydrogen) atoms. The zero-order valence-corrected chi connectivity index (χ0v) is 10.6. The number of rotatable bonds is 4. The normalized spacial score (nSPS) is 11.0. The summed E-state index contributed by atoms with van der Waals surface area (Å²) in [5.41, 5.74) is 0.355. The molecule has 2 heterocycles. The third-order valence-electron chi connectivity index (χ3n) is 2.32. The first-order chi connectivity index (χ1) is 9.94. The van der Waals surface area contributed by atoms with Crippen LogP contribution in [0.4, 0.5) is 19.0 Å². The van der Waals surface area contributed by atoms with Gasteiger partial charge >= 0.3 is 6.18 Å². The number of hydrogen-bond donors (Lipinski definition) is 1. The molecule has 0 saturated heterocycles. The number of carbonyl (C=O) groups is 1. The molecule has 110 valence electrons. The van der Waals surface area contributed by atoms with Crippen molar-refractivity contribution in [3.8, 4) is 5.75 Å². The fourth-order valence-corrected chi connectivity index (χ4v) is 1.43. The first-order valence-corrected chi connectivity index (χ1v) is 5.81. The van der Waals surface area contributed by atoms with Crippen molar-refractivity contribution in [2.24, 2.45) is 0 Å². The van der Waals surface area contributed by atoms with Crippen molar-refractivity contribution in [1.29, 1.82) is 0 Å². The summed E-state index contributed by atoms with van der Waals surface area (Å²) in [5.74, 6) is -0.387. The van der Waals surface area contributed by atoms with Crippen LogP contribution in [0.5, 0.6) is 5.75 Å². The van der Waals surface area contributed by atoms with E-state index in [-0.39, 0.29) is 11.6 Å². The van der Waals surface area contributed by atoms with E-state index in [1.165, 1.54) is 42.9 Å². The fraction of sp³-hybridized carbons (Fsp3) is 0.154. The first kappa shape index (κ1) is 14.8. The molecule has 0 unspecified atom stereocenters. The monoisotopic (exact) mass is 297 g/mol. The van der Waals surface area contributed by atoms with Gasteiger partial charge in [-0.2, -0.15) is 13.2 Å². The molecular formula is C13H10F3N3O2. The van der Waals surface area contributed by atoms with Crippen molar-refractivity contribution < 1.29 is 22.7 Å². The third-order valence-corrected chi connectivity index (χ3v) is 2.32. The summed E-state index contributed by atoms with van der Waals surface area (Å²) in [7, 11) is 0. The lowest BCUT2D eigenvalue weighted by atomic mass is 10.2. The lowest BCUT2D eigenvalue weighted by Gasteiger charge is -2.10. The van der Waals surface area contributed by atoms with E-state index >= 15 is 0 Å². The maximum absolute atomic E-state index is 12.1. The molecule has 8 heteroatoms. The summed E-state index contributed by atoms with van der Waals surface area (Å²) in [5, 5.41) is 2.46. The minimum atomic E-state index is -4.43. The Kier molecular flexibility index (Phi) is 4.36. The average molecular weight is 297 g/mol. The summed E-state index contributed by atoms with van der Waals surface area (Å²) in [6.07, 6.45) is -0.284. The maximum Gasteiger partial charge on any atom is 0.422 e. The van der Waals surface area contributed by atoms with Gasteiger partial charge in [-0.3, -0.25) is 9.78 Å². The topological polar surface area (TPSA) is 64.1 Å². The van der Waals surface area contributed by atoms with Gasteiger partial charge < -0.3 is 10.1 Å². The highest BCUT2D eigenvalue weighted by atomic mass is 19.4. The Labute approximate surface area is 117 Å². The Morgan fingerprint density at radius 2 is 1.90 bits per heavy atom. The maximum atomic E-state index is 12.1. The second kappa shape index (κ2) is 6.21. The van der Waals surface area contributed by atoms with Crippen LogP contribution >= 0.6 is 0 Å². The Morgan fingerprint density at radius 1 is 1.19 bits per heavy atom. The van der Waals surface area contributed by atoms with Crippen LogP contribution in [0.15, 0.2) is 42.9 Å². The number of carbonyl (C=O) groups excluding carboxylic acids is 1. The van der Waals surface area contributed by atoms with Gasteiger partial charge in [0.2, 0.25) is 0 Å². The number of alkyl halides is 3. The molecule has 0 fully saturated rings. The molecule has 0 bridgehead atoms. The predicted octanol–water partition coefficient (Wildman–Crippen LogP) is 2.67. The number of nitrogens with one attached hydrogen (secondary N) is 1. The smallest absolute Gasteiger partial charge is 0.422 e. The van der Waals surface area contributed by atoms with Gasteiger partial charge in [-0.25, -0.2) is 4.98 Å². The number of hydrogen-bond acceptors (Lipinski definition) is 4. The van der Waals surface area contributed by atoms with E-state index in [9.17, 15) is 18.0 Å². The number of pyridine rings is 2. The molecule has 0 aliphatic heterocycles. The SMILES string of the molecule is O=C(Nc1cc(OCC(F)(F)F)ccn1)c1ccncc1. The molecule has 2 aromatic rings. The largest absolute Gasteiger partial charge is 0.484 e. The summed E-state index contributed by atoms with van der Waals surface area (Å²) in [6.45, 7) is -1.41. The molecule has 0 aliphatic carbocycles. The number of anilines is 1. The molecule has 5 nitrogen and oxygen atoms in total. The summed E-state index contributed by atoms with van der Waals surface area (Å²) in [6, 6.07) is 5.48. The Hall–Kier alpha value is -2.64. The first-order valence-electron chi connectivity index (χ1n) is 5.81. The van der Waals surface area contributed by atoms with Gasteiger partial charge in [0.05, 0.1) is 0 Å². The Morgan fingerprint density at radius 3 is 2.57 bits per heavy atom. The summed E-state index contributed by atoms with van der Waals surface area (Å²) in [4.78, 5) is 19.5. The van der Waals surface area contributed by atoms with E-state index in [0.29, 0.717) is 5.56 Å². The third kappa shape index (κ3) is 4.75. The summed E-state index contributed by atoms with van der Waals surface area (Å²) < 4.78 is 40.7. The van der Waals surface area contributed by atoms with Gasteiger partial charge in [-0.15, -0.1) is 0 Å². The van der Waals surface area contributed by atoms with Crippen LogP contribution in [0, 0.1) is 0 Å². The number of amides is 1. The van der Waals surface area contributed by atoms with E-state index in [1.807, 2.05) is 0 Å². The van der Waals surface area contributed by atoms with Gasteiger partial charge in [0.1, 0.15) is 11.6 Å². The minimum absolute atomic E-state index is 0.0349. The van der Waals surface area contributed by atoms with Gasteiger partial charge in [-0.1, -0.05) is 0 Å². The standard InChI is InChI=1S/C13H10F3N3O2/c14-13(15,16)8-21-10-3-6-18-11(7-10)19-12(20)9-1-4-17-5-2-9/h1-7H,8H2,(H,18,19,20). The van der Waals surface area contributed by atoms with Crippen LogP contribution in [-0.2, 0) is 0 Å². The molecular weight excluding hydrogens is 287 g/mol. The molecule has 2 rings (SSSR count). The van der Waals surface area contributed by atoms with Crippen LogP contribution in [0.2, 0.25) is 0 Å². The zero-order chi connectivity index (χ0) is 15.3. The van der Waals surface area contributed by atoms with Gasteiger partial charge in [0.25, 0.3) is 5.91 Å². The molecule has 0 radical (unpaired) electrons. The molecule has 0 saturated carbocycles. The highest BCUT2D eigenvalue weighted by Crippen LogP contribution is 2.20. The second-order valence-corrected chi connectivity index (χ2v) is 3.97. The van der Waals surface area contributed by atoms with Crippen LogP contribution in [0.1, 0.15) is 10.4 Å². The van der Waals surface area contributed by atoms with E-state index in [2.05, 4.69) is 20.0 Å². The second-order valence-electron chi connectivity index (χ2n) is 3.97. The lowest BCUT2D eigenvalue weighted by Crippen LogP contribution is -2.19. The molecule has 2 aromatic heterocycles. The molecule has 0 aliphatic rings. The molecule has 0 atom stereocenters. The van der Waals surface area contributed by atoms with Crippen LogP contribution in [-0.4, -0.2) is 28.7 Å². The number of nitrogens with zero attached hydrogens (tertiary/aromatic N) is 2. The highest BCUT2D eigenvalue weighted by Gasteiger charge is 2.28. The molecule has 1 amide bonds. The lowest BCUT2D eigenvalue weighted by molar-refractivity contribution is -0.153. The van der Waals surface area contributed by atoms with Gasteiger partial charge in [-0.05, 0) is 18.2 Å². The van der Waals surface area contributed by atoms with E-state index in [1.54, 1.807) is 0 Å². The van der Waals surface area contributed by atoms with Crippen LogP contribution in [0.3, 0.4) is 0 Å². The van der Waals surface area contributed by atoms with Crippen molar-refractivity contribution in [1.82, 2.24) is 9.97 Å². The van der Waals surface area contributed by atoms with E-state index < -0.39 is 18.7 Å². The van der Waals surface area contributed by atoms with Crippen molar-refractivity contribution >= 4 is 11.7 Å². The van der Waals surface area contributed by atoms with E-state index in [0.717, 1.165) is 0 Å². The Bertz CT molecular complexity index is 618. The average Bonchev–Trinajstić information content (AvgIpc) is 2.46. The number of ether oxygens (including phenoxy) is 1. The van der Waals surface area contributed by atoms with Crippen molar-refractivity contribution in [2.75, 3.05) is 11.9 Å². The van der Waals surface area contributed by atoms with E-state index in [4.69, 9.17) is 0 Å². The van der Waals surface area contributed by atoms with Crippen molar-refractivity contribution in [2.45, 2.75) is 6.18 Å². The fourth-order valence-electron chi connectivity index (χ4n) is 1.43. The highest BCUT2D eigenvalue weighted by molar-refractivity contribution is 6.03. The zero-order valence-electron chi connectivity index (χ0n) is 10.6. The van der Waals surface area contributed by atoms with Crippen molar-refractivity contribution in [3.05, 3.63) is 48.4 Å². The number of halogens is 3. The minimum Gasteiger partial charge on any atom is -0.484 e. The molecule has 0 spiro atoms. The van der Waals surface area contributed by atoms with Crippen LogP contribution in [0.25, 0.3) is 0 Å².